The van der Waals surface area contributed by atoms with Gasteiger partial charge in [-0.05, 0) is 73.9 Å². The molecule has 0 unspecified atom stereocenters. The second-order valence-corrected chi connectivity index (χ2v) is 10.8. The van der Waals surface area contributed by atoms with Gasteiger partial charge in [0, 0.05) is 37.6 Å². The van der Waals surface area contributed by atoms with Crippen LogP contribution in [-0.2, 0) is 0 Å². The Hall–Kier alpha value is -1.96. The van der Waals surface area contributed by atoms with Crippen molar-refractivity contribution in [2.24, 2.45) is 0 Å². The largest absolute Gasteiger partial charge is 0.371 e. The van der Waals surface area contributed by atoms with Crippen molar-refractivity contribution in [3.63, 3.8) is 0 Å². The van der Waals surface area contributed by atoms with Crippen LogP contribution in [0.15, 0.2) is 36.4 Å². The standard InChI is InChI=1S/C34H56N2/c1-7-11-17-23-35(24-18-12-8-2)31-27-33(32-22-16-15-21-29(32)5)30(6)34(28-31)36(25-19-13-9-3)26-20-14-10-4/h15-16,21-22,27-28H,7-14,17-20,23-26H2,1-6H3. The third-order valence-electron chi connectivity index (χ3n) is 7.63. The molecule has 2 nitrogen and oxygen atoms in total. The topological polar surface area (TPSA) is 6.48 Å². The number of anilines is 2. The summed E-state index contributed by atoms with van der Waals surface area (Å²) in [6.07, 6.45) is 15.5. The summed E-state index contributed by atoms with van der Waals surface area (Å²) in [6.45, 7) is 18.5. The zero-order chi connectivity index (χ0) is 26.2. The van der Waals surface area contributed by atoms with Gasteiger partial charge < -0.3 is 9.80 Å². The smallest absolute Gasteiger partial charge is 0.0422 e. The molecule has 0 bridgehead atoms. The van der Waals surface area contributed by atoms with E-state index in [-0.39, 0.29) is 0 Å². The SMILES string of the molecule is CCCCCN(CCCCC)c1cc(-c2ccccc2C)c(C)c(N(CCCCC)CCCCC)c1. The first-order chi connectivity index (χ1) is 17.6. The van der Waals surface area contributed by atoms with Gasteiger partial charge in [0.05, 0.1) is 0 Å². The third-order valence-corrected chi connectivity index (χ3v) is 7.63. The monoisotopic (exact) mass is 492 g/mol. The molecule has 0 heterocycles. The van der Waals surface area contributed by atoms with Crippen LogP contribution in [0, 0.1) is 13.8 Å². The average molecular weight is 493 g/mol. The van der Waals surface area contributed by atoms with Gasteiger partial charge in [-0.25, -0.2) is 0 Å². The molecule has 0 aliphatic rings. The van der Waals surface area contributed by atoms with Crippen LogP contribution in [0.2, 0.25) is 0 Å². The van der Waals surface area contributed by atoms with Gasteiger partial charge in [0.25, 0.3) is 0 Å². The lowest BCUT2D eigenvalue weighted by Crippen LogP contribution is -2.29. The third kappa shape index (κ3) is 9.49. The molecule has 0 N–H and O–H groups in total. The fourth-order valence-electron chi connectivity index (χ4n) is 5.28. The van der Waals surface area contributed by atoms with E-state index in [4.69, 9.17) is 0 Å². The highest BCUT2D eigenvalue weighted by Crippen LogP contribution is 2.38. The zero-order valence-corrected chi connectivity index (χ0v) is 24.7. The van der Waals surface area contributed by atoms with Gasteiger partial charge in [-0.1, -0.05) is 103 Å². The molecule has 0 saturated carbocycles. The van der Waals surface area contributed by atoms with E-state index in [0.29, 0.717) is 0 Å². The zero-order valence-electron chi connectivity index (χ0n) is 24.7. The van der Waals surface area contributed by atoms with Crippen molar-refractivity contribution < 1.29 is 0 Å². The maximum Gasteiger partial charge on any atom is 0.0422 e. The molecule has 2 aromatic carbocycles. The van der Waals surface area contributed by atoms with Crippen molar-refractivity contribution in [3.05, 3.63) is 47.5 Å². The highest BCUT2D eigenvalue weighted by Gasteiger charge is 2.18. The number of unbranched alkanes of at least 4 members (excludes halogenated alkanes) is 8. The summed E-state index contributed by atoms with van der Waals surface area (Å²) >= 11 is 0. The molecule has 2 aromatic rings. The molecule has 0 aliphatic heterocycles. The van der Waals surface area contributed by atoms with Crippen LogP contribution < -0.4 is 9.80 Å². The van der Waals surface area contributed by atoms with E-state index >= 15 is 0 Å². The first-order valence-electron chi connectivity index (χ1n) is 15.3. The van der Waals surface area contributed by atoms with Gasteiger partial charge in [-0.15, -0.1) is 0 Å². The van der Waals surface area contributed by atoms with E-state index in [0.717, 1.165) is 0 Å². The van der Waals surface area contributed by atoms with Crippen molar-refractivity contribution in [2.75, 3.05) is 36.0 Å². The van der Waals surface area contributed by atoms with Crippen LogP contribution in [0.3, 0.4) is 0 Å². The molecule has 2 rings (SSSR count). The molecule has 0 atom stereocenters. The van der Waals surface area contributed by atoms with Gasteiger partial charge in [0.1, 0.15) is 0 Å². The summed E-state index contributed by atoms with van der Waals surface area (Å²) in [5.74, 6) is 0. The van der Waals surface area contributed by atoms with Gasteiger partial charge in [0.2, 0.25) is 0 Å². The second kappa shape index (κ2) is 17.5. The lowest BCUT2D eigenvalue weighted by Gasteiger charge is -2.32. The second-order valence-electron chi connectivity index (χ2n) is 10.8. The molecule has 2 heteroatoms. The fourth-order valence-corrected chi connectivity index (χ4v) is 5.28. The number of hydrogen-bond acceptors (Lipinski definition) is 2. The summed E-state index contributed by atoms with van der Waals surface area (Å²) in [7, 11) is 0. The fraction of sp³-hybridized carbons (Fsp3) is 0.647. The molecule has 202 valence electrons. The summed E-state index contributed by atoms with van der Waals surface area (Å²) in [5.41, 5.74) is 8.53. The highest BCUT2D eigenvalue weighted by atomic mass is 15.1. The van der Waals surface area contributed by atoms with E-state index in [1.165, 1.54) is 137 Å². The molecule has 0 radical (unpaired) electrons. The van der Waals surface area contributed by atoms with Crippen molar-refractivity contribution in [1.82, 2.24) is 0 Å². The Labute approximate surface area is 224 Å². The Morgan fingerprint density at radius 1 is 0.528 bits per heavy atom. The number of nitrogens with zero attached hydrogens (tertiary/aromatic N) is 2. The Morgan fingerprint density at radius 2 is 1.00 bits per heavy atom. The summed E-state index contributed by atoms with van der Waals surface area (Å²) in [6, 6.07) is 14.0. The molecular weight excluding hydrogens is 436 g/mol. The lowest BCUT2D eigenvalue weighted by molar-refractivity contribution is 0.631. The van der Waals surface area contributed by atoms with Crippen LogP contribution in [0.4, 0.5) is 11.4 Å². The number of rotatable bonds is 19. The van der Waals surface area contributed by atoms with Gasteiger partial charge in [-0.3, -0.25) is 0 Å². The van der Waals surface area contributed by atoms with Crippen molar-refractivity contribution in [2.45, 2.75) is 119 Å². The molecule has 36 heavy (non-hydrogen) atoms. The maximum absolute atomic E-state index is 2.72. The Morgan fingerprint density at radius 3 is 1.47 bits per heavy atom. The van der Waals surface area contributed by atoms with Crippen molar-refractivity contribution in [3.8, 4) is 11.1 Å². The molecule has 0 amide bonds. The molecular formula is C34H56N2. The normalized spacial score (nSPS) is 11.2. The Balaban J connectivity index is 2.57. The van der Waals surface area contributed by atoms with Crippen molar-refractivity contribution in [1.29, 1.82) is 0 Å². The van der Waals surface area contributed by atoms with Crippen LogP contribution >= 0.6 is 0 Å². The van der Waals surface area contributed by atoms with E-state index in [1.54, 1.807) is 0 Å². The van der Waals surface area contributed by atoms with E-state index in [2.05, 4.69) is 87.7 Å². The average Bonchev–Trinajstić information content (AvgIpc) is 2.88. The predicted molar refractivity (Wildman–Crippen MR) is 164 cm³/mol. The lowest BCUT2D eigenvalue weighted by atomic mass is 9.94. The minimum Gasteiger partial charge on any atom is -0.371 e. The molecule has 0 fully saturated rings. The molecule has 0 aromatic heterocycles. The van der Waals surface area contributed by atoms with Crippen LogP contribution in [0.1, 0.15) is 116 Å². The van der Waals surface area contributed by atoms with Gasteiger partial charge in [0.15, 0.2) is 0 Å². The predicted octanol–water partition coefficient (Wildman–Crippen LogP) is 10.3. The Kier molecular flexibility index (Phi) is 14.7. The van der Waals surface area contributed by atoms with E-state index in [9.17, 15) is 0 Å². The van der Waals surface area contributed by atoms with Gasteiger partial charge in [-0.2, -0.15) is 0 Å². The van der Waals surface area contributed by atoms with Gasteiger partial charge >= 0.3 is 0 Å². The minimum atomic E-state index is 1.17. The molecule has 0 saturated heterocycles. The molecule has 0 spiro atoms. The van der Waals surface area contributed by atoms with Crippen LogP contribution in [0.5, 0.6) is 0 Å². The summed E-state index contributed by atoms with van der Waals surface area (Å²) < 4.78 is 0. The number of hydrogen-bond donors (Lipinski definition) is 0. The first kappa shape index (κ1) is 30.3. The summed E-state index contributed by atoms with van der Waals surface area (Å²) in [5, 5.41) is 0. The van der Waals surface area contributed by atoms with E-state index < -0.39 is 0 Å². The maximum atomic E-state index is 2.72. The number of benzene rings is 2. The quantitative estimate of drug-likeness (QED) is 0.180. The number of aryl methyl sites for hydroxylation is 1. The highest BCUT2D eigenvalue weighted by molar-refractivity contribution is 5.81. The Bertz CT molecular complexity index is 836. The summed E-state index contributed by atoms with van der Waals surface area (Å²) in [4.78, 5) is 5.43. The molecule has 0 aliphatic carbocycles. The first-order valence-corrected chi connectivity index (χ1v) is 15.3. The van der Waals surface area contributed by atoms with Crippen LogP contribution in [-0.4, -0.2) is 26.2 Å². The van der Waals surface area contributed by atoms with E-state index in [1.807, 2.05) is 0 Å². The minimum absolute atomic E-state index is 1.17. The van der Waals surface area contributed by atoms with Crippen LogP contribution in [0.25, 0.3) is 11.1 Å². The van der Waals surface area contributed by atoms with Crippen molar-refractivity contribution >= 4 is 11.4 Å².